The monoisotopic (exact) mass is 273 g/mol. The van der Waals surface area contributed by atoms with Crippen molar-refractivity contribution in [3.63, 3.8) is 0 Å². The molecule has 2 rings (SSSR count). The van der Waals surface area contributed by atoms with Crippen LogP contribution in [0.25, 0.3) is 0 Å². The Morgan fingerprint density at radius 1 is 1.25 bits per heavy atom. The van der Waals surface area contributed by atoms with E-state index in [-0.39, 0.29) is 5.69 Å². The number of esters is 1. The molecule has 0 radical (unpaired) electrons. The predicted molar refractivity (Wildman–Crippen MR) is 73.3 cm³/mol. The Labute approximate surface area is 116 Å². The minimum atomic E-state index is -0.640. The summed E-state index contributed by atoms with van der Waals surface area (Å²) < 4.78 is 4.53. The summed E-state index contributed by atoms with van der Waals surface area (Å²) in [6.07, 6.45) is -0.640. The summed E-state index contributed by atoms with van der Waals surface area (Å²) in [5.74, 6) is -0.0546. The van der Waals surface area contributed by atoms with Crippen LogP contribution in [0.4, 0.5) is 5.82 Å². The molecule has 1 heterocycles. The average molecular weight is 273 g/mol. The van der Waals surface area contributed by atoms with Gasteiger partial charge in [0.15, 0.2) is 5.69 Å². The minimum absolute atomic E-state index is 0.140. The number of anilines is 1. The number of nitrogens with zero attached hydrogens (tertiary/aromatic N) is 2. The van der Waals surface area contributed by atoms with E-state index in [1.807, 2.05) is 30.3 Å². The first-order chi connectivity index (χ1) is 9.70. The van der Waals surface area contributed by atoms with Gasteiger partial charge in [-0.05, 0) is 17.7 Å². The molecule has 1 aromatic carbocycles. The molecule has 1 atom stereocenters. The zero-order valence-corrected chi connectivity index (χ0v) is 11.0. The van der Waals surface area contributed by atoms with E-state index in [1.165, 1.54) is 13.2 Å². The molecule has 0 fully saturated rings. The molecule has 0 aliphatic carbocycles. The highest BCUT2D eigenvalue weighted by Crippen LogP contribution is 2.12. The number of hydrogen-bond donors (Lipinski definition) is 2. The first kappa shape index (κ1) is 14.0. The SMILES string of the molecule is COC(=O)c1ccc(NCC(O)c2ccccc2)nn1. The summed E-state index contributed by atoms with van der Waals surface area (Å²) >= 11 is 0. The number of carbonyl (C=O) groups is 1. The molecule has 0 aliphatic rings. The number of aliphatic hydroxyl groups excluding tert-OH is 1. The predicted octanol–water partition coefficient (Wildman–Crippen LogP) is 1.41. The Morgan fingerprint density at radius 2 is 2.00 bits per heavy atom. The van der Waals surface area contributed by atoms with Gasteiger partial charge in [0.1, 0.15) is 5.82 Å². The number of nitrogens with one attached hydrogen (secondary N) is 1. The van der Waals surface area contributed by atoms with E-state index in [0.29, 0.717) is 12.4 Å². The van der Waals surface area contributed by atoms with Crippen LogP contribution in [-0.4, -0.2) is 34.9 Å². The molecule has 6 nitrogen and oxygen atoms in total. The van der Waals surface area contributed by atoms with Crippen molar-refractivity contribution in [2.75, 3.05) is 19.0 Å². The maximum absolute atomic E-state index is 11.2. The molecule has 1 aromatic heterocycles. The maximum Gasteiger partial charge on any atom is 0.358 e. The van der Waals surface area contributed by atoms with Gasteiger partial charge in [-0.2, -0.15) is 0 Å². The van der Waals surface area contributed by atoms with Crippen LogP contribution >= 0.6 is 0 Å². The van der Waals surface area contributed by atoms with E-state index in [0.717, 1.165) is 5.56 Å². The van der Waals surface area contributed by atoms with E-state index in [4.69, 9.17) is 0 Å². The first-order valence-electron chi connectivity index (χ1n) is 6.09. The van der Waals surface area contributed by atoms with E-state index < -0.39 is 12.1 Å². The molecule has 20 heavy (non-hydrogen) atoms. The molecular weight excluding hydrogens is 258 g/mol. The van der Waals surface area contributed by atoms with Gasteiger partial charge in [-0.1, -0.05) is 30.3 Å². The van der Waals surface area contributed by atoms with Gasteiger partial charge in [0.2, 0.25) is 0 Å². The summed E-state index contributed by atoms with van der Waals surface area (Å²) in [5, 5.41) is 20.5. The molecular formula is C14H15N3O3. The number of aromatic nitrogens is 2. The van der Waals surface area contributed by atoms with Gasteiger partial charge >= 0.3 is 5.97 Å². The van der Waals surface area contributed by atoms with Crippen molar-refractivity contribution in [1.82, 2.24) is 10.2 Å². The minimum Gasteiger partial charge on any atom is -0.464 e. The molecule has 0 spiro atoms. The third-order valence-corrected chi connectivity index (χ3v) is 2.72. The molecule has 1 unspecified atom stereocenters. The Balaban J connectivity index is 1.93. The Bertz CT molecular complexity index is 558. The van der Waals surface area contributed by atoms with Crippen molar-refractivity contribution >= 4 is 11.8 Å². The molecule has 0 amide bonds. The summed E-state index contributed by atoms with van der Waals surface area (Å²) in [6.45, 7) is 0.302. The Hall–Kier alpha value is -2.47. The zero-order valence-electron chi connectivity index (χ0n) is 11.0. The lowest BCUT2D eigenvalue weighted by Gasteiger charge is -2.12. The fraction of sp³-hybridized carbons (Fsp3) is 0.214. The molecule has 2 aromatic rings. The van der Waals surface area contributed by atoms with Crippen LogP contribution in [0.3, 0.4) is 0 Å². The smallest absolute Gasteiger partial charge is 0.358 e. The largest absolute Gasteiger partial charge is 0.464 e. The zero-order chi connectivity index (χ0) is 14.4. The maximum atomic E-state index is 11.2. The highest BCUT2D eigenvalue weighted by Gasteiger charge is 2.09. The van der Waals surface area contributed by atoms with Crippen LogP contribution in [0.5, 0.6) is 0 Å². The van der Waals surface area contributed by atoms with Crippen molar-refractivity contribution in [2.24, 2.45) is 0 Å². The quantitative estimate of drug-likeness (QED) is 0.801. The number of hydrogen-bond acceptors (Lipinski definition) is 6. The molecule has 104 valence electrons. The van der Waals surface area contributed by atoms with Crippen molar-refractivity contribution in [3.05, 3.63) is 53.7 Å². The molecule has 0 saturated heterocycles. The normalized spacial score (nSPS) is 11.7. The van der Waals surface area contributed by atoms with Gasteiger partial charge in [-0.3, -0.25) is 0 Å². The molecule has 0 aliphatic heterocycles. The molecule has 2 N–H and O–H groups in total. The molecule has 0 bridgehead atoms. The summed E-state index contributed by atoms with van der Waals surface area (Å²) in [6, 6.07) is 12.4. The average Bonchev–Trinajstić information content (AvgIpc) is 2.53. The van der Waals surface area contributed by atoms with Gasteiger partial charge in [0.05, 0.1) is 13.2 Å². The fourth-order valence-electron chi connectivity index (χ4n) is 1.63. The Kier molecular flexibility index (Phi) is 4.62. The van der Waals surface area contributed by atoms with Crippen molar-refractivity contribution in [1.29, 1.82) is 0 Å². The van der Waals surface area contributed by atoms with E-state index in [1.54, 1.807) is 6.07 Å². The number of aliphatic hydroxyl groups is 1. The van der Waals surface area contributed by atoms with Crippen LogP contribution in [0.1, 0.15) is 22.2 Å². The fourth-order valence-corrected chi connectivity index (χ4v) is 1.63. The summed E-state index contributed by atoms with van der Waals surface area (Å²) in [7, 11) is 1.28. The third-order valence-electron chi connectivity index (χ3n) is 2.72. The summed E-state index contributed by atoms with van der Waals surface area (Å²) in [4.78, 5) is 11.2. The van der Waals surface area contributed by atoms with Gasteiger partial charge < -0.3 is 15.2 Å². The molecule has 6 heteroatoms. The van der Waals surface area contributed by atoms with E-state index in [9.17, 15) is 9.90 Å². The highest BCUT2D eigenvalue weighted by atomic mass is 16.5. The lowest BCUT2D eigenvalue weighted by Crippen LogP contribution is -2.14. The Morgan fingerprint density at radius 3 is 2.60 bits per heavy atom. The number of ether oxygens (including phenoxy) is 1. The van der Waals surface area contributed by atoms with Gasteiger partial charge in [-0.15, -0.1) is 10.2 Å². The second kappa shape index (κ2) is 6.63. The number of benzene rings is 1. The van der Waals surface area contributed by atoms with E-state index >= 15 is 0 Å². The van der Waals surface area contributed by atoms with Crippen LogP contribution < -0.4 is 5.32 Å². The lowest BCUT2D eigenvalue weighted by molar-refractivity contribution is 0.0592. The first-order valence-corrected chi connectivity index (χ1v) is 6.09. The highest BCUT2D eigenvalue weighted by molar-refractivity contribution is 5.86. The number of carbonyl (C=O) groups excluding carboxylic acids is 1. The number of rotatable bonds is 5. The van der Waals surface area contributed by atoms with Crippen LogP contribution in [-0.2, 0) is 4.74 Å². The van der Waals surface area contributed by atoms with Crippen molar-refractivity contribution < 1.29 is 14.6 Å². The molecule has 0 saturated carbocycles. The van der Waals surface area contributed by atoms with Crippen molar-refractivity contribution in [2.45, 2.75) is 6.10 Å². The van der Waals surface area contributed by atoms with Gasteiger partial charge in [0, 0.05) is 6.54 Å². The van der Waals surface area contributed by atoms with Crippen LogP contribution in [0.2, 0.25) is 0 Å². The second-order valence-electron chi connectivity index (χ2n) is 4.10. The third kappa shape index (κ3) is 3.52. The van der Waals surface area contributed by atoms with Crippen LogP contribution in [0, 0.1) is 0 Å². The van der Waals surface area contributed by atoms with Gasteiger partial charge in [0.25, 0.3) is 0 Å². The van der Waals surface area contributed by atoms with E-state index in [2.05, 4.69) is 20.3 Å². The summed E-state index contributed by atoms with van der Waals surface area (Å²) in [5.41, 5.74) is 0.959. The number of methoxy groups -OCH3 is 1. The standard InChI is InChI=1S/C14H15N3O3/c1-20-14(19)11-7-8-13(17-16-11)15-9-12(18)10-5-3-2-4-6-10/h2-8,12,18H,9H2,1H3,(H,15,17). The van der Waals surface area contributed by atoms with Crippen molar-refractivity contribution in [3.8, 4) is 0 Å². The topological polar surface area (TPSA) is 84.3 Å². The lowest BCUT2D eigenvalue weighted by atomic mass is 10.1. The van der Waals surface area contributed by atoms with Gasteiger partial charge in [-0.25, -0.2) is 4.79 Å². The van der Waals surface area contributed by atoms with Crippen LogP contribution in [0.15, 0.2) is 42.5 Å². The second-order valence-corrected chi connectivity index (χ2v) is 4.10.